The van der Waals surface area contributed by atoms with E-state index in [0.717, 1.165) is 0 Å². The fourth-order valence-electron chi connectivity index (χ4n) is 3.41. The zero-order valence-corrected chi connectivity index (χ0v) is 27.2. The Kier molecular flexibility index (Phi) is 14.5. The fraction of sp³-hybridized carbons (Fsp3) is 1.00. The van der Waals surface area contributed by atoms with Gasteiger partial charge in [-0.15, -0.1) is 0 Å². The van der Waals surface area contributed by atoms with E-state index >= 15 is 0 Å². The van der Waals surface area contributed by atoms with E-state index in [9.17, 15) is 171 Å². The van der Waals surface area contributed by atoms with E-state index in [1.54, 1.807) is 0 Å². The summed E-state index contributed by atoms with van der Waals surface area (Å²) in [5.74, 6) is -176. The lowest BCUT2D eigenvalue weighted by Crippen LogP contribution is -2.80. The number of rotatable bonds is 17. The standard InChI is InChI=1S/C20H3F39.C2H6/c1-2(21,22)3(23,24)4(25,26)5(27,28)6(29,30)7(31,32)8(33,34)9(35,36)10(37,38)11(39,40)12(41,42)13(43,44)14(45,46)15(47,48)16(49,50)17(51,52)18(53,54)19(55,56)20(57,58)59;1-2/h1H3;1-2H3. The monoisotopic (exact) mass is 1010 g/mol. The molecule has 0 aliphatic carbocycles. The maximum absolute atomic E-state index is 13.9. The molecule has 0 aliphatic heterocycles. The molecule has 0 amide bonds. The molecular formula is C22H9F39. The number of hydrogen-bond donors (Lipinski definition) is 0. The summed E-state index contributed by atoms with van der Waals surface area (Å²) in [6.07, 6.45) is -8.49. The van der Waals surface area contributed by atoms with Crippen LogP contribution in [-0.2, 0) is 0 Å². The molecule has 0 atom stereocenters. The van der Waals surface area contributed by atoms with Gasteiger partial charge in [-0.2, -0.15) is 171 Å². The highest BCUT2D eigenvalue weighted by atomic mass is 19.4. The van der Waals surface area contributed by atoms with Crippen LogP contribution in [0, 0.1) is 0 Å². The van der Waals surface area contributed by atoms with Crippen molar-refractivity contribution < 1.29 is 171 Å². The van der Waals surface area contributed by atoms with Crippen LogP contribution in [0.25, 0.3) is 0 Å². The number of hydrogen-bond acceptors (Lipinski definition) is 0. The van der Waals surface area contributed by atoms with Crippen molar-refractivity contribution in [3.63, 3.8) is 0 Å². The second kappa shape index (κ2) is 14.6. The summed E-state index contributed by atoms with van der Waals surface area (Å²) in [6, 6.07) is 0. The van der Waals surface area contributed by atoms with E-state index in [1.807, 2.05) is 13.8 Å². The minimum absolute atomic E-state index is 1.75. The van der Waals surface area contributed by atoms with Gasteiger partial charge in [0.1, 0.15) is 0 Å². The molecule has 0 radical (unpaired) electrons. The summed E-state index contributed by atoms with van der Waals surface area (Å²) in [5, 5.41) is 0. The minimum Gasteiger partial charge on any atom is -0.200 e. The van der Waals surface area contributed by atoms with Crippen molar-refractivity contribution in [1.29, 1.82) is 0 Å². The van der Waals surface area contributed by atoms with Gasteiger partial charge in [0.2, 0.25) is 0 Å². The molecule has 0 unspecified atom stereocenters. The predicted octanol–water partition coefficient (Wildman–Crippen LogP) is 14.0. The van der Waals surface area contributed by atoms with Crippen molar-refractivity contribution in [2.45, 2.75) is 134 Å². The van der Waals surface area contributed by atoms with Gasteiger partial charge in [0, 0.05) is 6.92 Å². The molecule has 0 saturated carbocycles. The number of halogens is 39. The molecule has 39 heteroatoms. The van der Waals surface area contributed by atoms with Gasteiger partial charge in [-0.25, -0.2) is 0 Å². The Labute approximate surface area is 306 Å². The fourth-order valence-corrected chi connectivity index (χ4v) is 3.41. The Bertz CT molecular complexity index is 1420. The predicted molar refractivity (Wildman–Crippen MR) is 112 cm³/mol. The van der Waals surface area contributed by atoms with Crippen LogP contribution in [0.3, 0.4) is 0 Å². The molecule has 0 aromatic carbocycles. The zero-order chi connectivity index (χ0) is 51.5. The van der Waals surface area contributed by atoms with Gasteiger partial charge in [-0.05, 0) is 0 Å². The zero-order valence-electron chi connectivity index (χ0n) is 27.2. The van der Waals surface area contributed by atoms with Crippen LogP contribution in [0.4, 0.5) is 171 Å². The molecule has 0 fully saturated rings. The first-order valence-electron chi connectivity index (χ1n) is 13.4. The largest absolute Gasteiger partial charge is 0.460 e. The van der Waals surface area contributed by atoms with Gasteiger partial charge in [-0.3, -0.25) is 0 Å². The maximum atomic E-state index is 13.9. The first-order chi connectivity index (χ1) is 25.5. The number of alkyl halides is 39. The first-order valence-corrected chi connectivity index (χ1v) is 13.4. The quantitative estimate of drug-likeness (QED) is 0.127. The third-order valence-electron chi connectivity index (χ3n) is 7.22. The Hall–Kier alpha value is -2.73. The second-order valence-corrected chi connectivity index (χ2v) is 11.2. The third kappa shape index (κ3) is 6.90. The molecule has 61 heavy (non-hydrogen) atoms. The van der Waals surface area contributed by atoms with E-state index in [-0.39, 0.29) is 0 Å². The molecular weight excluding hydrogens is 1010 g/mol. The summed E-state index contributed by atoms with van der Waals surface area (Å²) in [6.45, 7) is 2.25. The lowest BCUT2D eigenvalue weighted by molar-refractivity contribution is -0.494. The van der Waals surface area contributed by atoms with E-state index in [0.29, 0.717) is 0 Å². The Morgan fingerprint density at radius 1 is 0.148 bits per heavy atom. The molecule has 0 rings (SSSR count). The van der Waals surface area contributed by atoms with Gasteiger partial charge < -0.3 is 0 Å². The second-order valence-electron chi connectivity index (χ2n) is 11.2. The summed E-state index contributed by atoms with van der Waals surface area (Å²) in [5.41, 5.74) is 0. The van der Waals surface area contributed by atoms with Crippen molar-refractivity contribution in [3.8, 4) is 0 Å². The summed E-state index contributed by atoms with van der Waals surface area (Å²) >= 11 is 0. The molecule has 0 spiro atoms. The average Bonchev–Trinajstić information content (AvgIpc) is 3.02. The van der Waals surface area contributed by atoms with Gasteiger partial charge in [0.25, 0.3) is 0 Å². The van der Waals surface area contributed by atoms with E-state index in [1.165, 1.54) is 0 Å². The van der Waals surface area contributed by atoms with Gasteiger partial charge in [0.15, 0.2) is 0 Å². The highest BCUT2D eigenvalue weighted by molar-refractivity contribution is 5.23. The topological polar surface area (TPSA) is 0 Å². The molecule has 0 saturated heterocycles. The van der Waals surface area contributed by atoms with Crippen molar-refractivity contribution in [1.82, 2.24) is 0 Å². The van der Waals surface area contributed by atoms with Crippen molar-refractivity contribution in [3.05, 3.63) is 0 Å². The van der Waals surface area contributed by atoms with Gasteiger partial charge in [-0.1, -0.05) is 13.8 Å². The molecule has 370 valence electrons. The smallest absolute Gasteiger partial charge is 0.200 e. The van der Waals surface area contributed by atoms with Crippen LogP contribution in [0.5, 0.6) is 0 Å². The van der Waals surface area contributed by atoms with Crippen LogP contribution < -0.4 is 0 Å². The molecule has 0 aromatic heterocycles. The Morgan fingerprint density at radius 2 is 0.230 bits per heavy atom. The van der Waals surface area contributed by atoms with Crippen LogP contribution in [0.15, 0.2) is 0 Å². The van der Waals surface area contributed by atoms with Crippen molar-refractivity contribution in [2.24, 2.45) is 0 Å². The summed E-state index contributed by atoms with van der Waals surface area (Å²) in [4.78, 5) is 0. The minimum atomic E-state index is -10.5. The molecule has 0 aromatic rings. The van der Waals surface area contributed by atoms with Gasteiger partial charge >= 0.3 is 113 Å². The van der Waals surface area contributed by atoms with E-state index in [2.05, 4.69) is 0 Å². The lowest BCUT2D eigenvalue weighted by atomic mass is 9.82. The van der Waals surface area contributed by atoms with E-state index < -0.39 is 120 Å². The first kappa shape index (κ1) is 60.4. The highest BCUT2D eigenvalue weighted by Crippen LogP contribution is 2.71. The Balaban J connectivity index is 0. The maximum Gasteiger partial charge on any atom is 0.460 e. The molecule has 0 N–H and O–H groups in total. The van der Waals surface area contributed by atoms with Crippen LogP contribution >= 0.6 is 0 Å². The third-order valence-corrected chi connectivity index (χ3v) is 7.22. The molecule has 0 aliphatic rings. The summed E-state index contributed by atoms with van der Waals surface area (Å²) < 4.78 is 524. The van der Waals surface area contributed by atoms with Crippen LogP contribution in [-0.4, -0.2) is 113 Å². The average molecular weight is 1010 g/mol. The van der Waals surface area contributed by atoms with Crippen molar-refractivity contribution >= 4 is 0 Å². The van der Waals surface area contributed by atoms with Crippen molar-refractivity contribution in [2.75, 3.05) is 0 Å². The SMILES string of the molecule is CC.CC(F)(F)C(F)(F)C(F)(F)C(F)(F)C(F)(F)C(F)(F)C(F)(F)C(F)(F)C(F)(F)C(F)(F)C(F)(F)C(F)(F)C(F)(F)C(F)(F)C(F)(F)C(F)(F)C(F)(F)C(F)(F)C(F)(F)F. The van der Waals surface area contributed by atoms with Crippen LogP contribution in [0.1, 0.15) is 20.8 Å². The molecule has 0 heterocycles. The summed E-state index contributed by atoms with van der Waals surface area (Å²) in [7, 11) is 0. The Morgan fingerprint density at radius 3 is 0.311 bits per heavy atom. The lowest BCUT2D eigenvalue weighted by Gasteiger charge is -2.47. The normalized spacial score (nSPS) is 17.0. The highest BCUT2D eigenvalue weighted by Gasteiger charge is 3.03. The van der Waals surface area contributed by atoms with Crippen LogP contribution in [0.2, 0.25) is 0 Å². The molecule has 0 nitrogen and oxygen atoms in total. The molecule has 0 bridgehead atoms. The van der Waals surface area contributed by atoms with Gasteiger partial charge in [0.05, 0.1) is 0 Å². The van der Waals surface area contributed by atoms with E-state index in [4.69, 9.17) is 0 Å².